The first-order valence-corrected chi connectivity index (χ1v) is 2.13. The second-order valence-corrected chi connectivity index (χ2v) is 1.15. The standard InChI is InChI=1S/2C2H2O4.2Ca.3H2O/c2*3-1(4)2(5)6;;;;;/h2*(H,3,4)(H,5,6);;;3*1H2/q;;2*+2;;;/p-4. The van der Waals surface area contributed by atoms with Crippen LogP contribution in [0, 0.1) is 0 Å². The Balaban J connectivity index is -0.0000000182. The molecule has 0 aliphatic rings. The van der Waals surface area contributed by atoms with Crippen molar-refractivity contribution in [3.05, 3.63) is 0 Å². The molecule has 6 N–H and O–H groups in total. The van der Waals surface area contributed by atoms with Crippen LogP contribution in [0.1, 0.15) is 0 Å². The molecule has 0 aromatic rings. The third kappa shape index (κ3) is 48.4. The Kier molecular flexibility index (Phi) is 64.3. The molecule has 11 nitrogen and oxygen atoms in total. The quantitative estimate of drug-likeness (QED) is 0.305. The molecule has 0 bridgehead atoms. The molecule has 0 spiro atoms. The van der Waals surface area contributed by atoms with Gasteiger partial charge in [-0.15, -0.1) is 0 Å². The van der Waals surface area contributed by atoms with E-state index in [1.807, 2.05) is 0 Å². The summed E-state index contributed by atoms with van der Waals surface area (Å²) in [5.41, 5.74) is 0. The number of carbonyl (C=O) groups is 4. The molecule has 0 heterocycles. The first-order chi connectivity index (χ1) is 5.29. The second kappa shape index (κ2) is 25.2. The monoisotopic (exact) mass is 310 g/mol. The van der Waals surface area contributed by atoms with E-state index in [0.29, 0.717) is 0 Å². The Morgan fingerprint density at radius 3 is 0.529 bits per heavy atom. The Morgan fingerprint density at radius 2 is 0.529 bits per heavy atom. The molecule has 0 saturated carbocycles. The Morgan fingerprint density at radius 1 is 0.471 bits per heavy atom. The summed E-state index contributed by atoms with van der Waals surface area (Å²) in [4.78, 5) is 35.7. The van der Waals surface area contributed by atoms with Crippen molar-refractivity contribution < 1.29 is 56.0 Å². The fourth-order valence-corrected chi connectivity index (χ4v) is 0. The molecule has 0 aliphatic carbocycles. The van der Waals surface area contributed by atoms with E-state index < -0.39 is 23.9 Å². The summed E-state index contributed by atoms with van der Waals surface area (Å²) in [7, 11) is 0. The fraction of sp³-hybridized carbons (Fsp3) is 0. The number of carboxylic acid groups (broad SMARTS) is 4. The van der Waals surface area contributed by atoms with Gasteiger partial charge in [0.15, 0.2) is 0 Å². The van der Waals surface area contributed by atoms with E-state index in [1.54, 1.807) is 0 Å². The van der Waals surface area contributed by atoms with E-state index in [2.05, 4.69) is 0 Å². The zero-order chi connectivity index (χ0) is 10.3. The van der Waals surface area contributed by atoms with Crippen molar-refractivity contribution in [3.8, 4) is 0 Å². The molecule has 0 radical (unpaired) electrons. The third-order valence-electron chi connectivity index (χ3n) is 0.333. The van der Waals surface area contributed by atoms with Crippen LogP contribution in [0.5, 0.6) is 0 Å². The maximum atomic E-state index is 8.93. The average molecular weight is 310 g/mol. The van der Waals surface area contributed by atoms with Crippen LogP contribution in [-0.4, -0.2) is 116 Å². The molecule has 13 heteroatoms. The van der Waals surface area contributed by atoms with Gasteiger partial charge >= 0.3 is 75.5 Å². The van der Waals surface area contributed by atoms with Crippen LogP contribution in [0.15, 0.2) is 0 Å². The zero-order valence-electron chi connectivity index (χ0n) is 8.18. The van der Waals surface area contributed by atoms with Crippen molar-refractivity contribution in [1.82, 2.24) is 0 Å². The number of rotatable bonds is 0. The van der Waals surface area contributed by atoms with Crippen LogP contribution in [0.2, 0.25) is 0 Å². The predicted molar refractivity (Wildman–Crippen MR) is 42.4 cm³/mol. The number of carbonyl (C=O) groups excluding carboxylic acids is 4. The van der Waals surface area contributed by atoms with Crippen molar-refractivity contribution in [1.29, 1.82) is 0 Å². The van der Waals surface area contributed by atoms with Gasteiger partial charge in [-0.3, -0.25) is 0 Å². The molecule has 0 saturated heterocycles. The number of carboxylic acids is 4. The Bertz CT molecular complexity index is 178. The smallest absolute Gasteiger partial charge is 0.543 e. The first-order valence-electron chi connectivity index (χ1n) is 2.13. The van der Waals surface area contributed by atoms with Crippen LogP contribution >= 0.6 is 0 Å². The van der Waals surface area contributed by atoms with Gasteiger partial charge in [-0.25, -0.2) is 0 Å². The van der Waals surface area contributed by atoms with Crippen LogP contribution in [0.3, 0.4) is 0 Å². The van der Waals surface area contributed by atoms with E-state index in [4.69, 9.17) is 39.6 Å². The molecule has 17 heavy (non-hydrogen) atoms. The molecule has 0 rings (SSSR count). The minimum Gasteiger partial charge on any atom is -0.543 e. The van der Waals surface area contributed by atoms with Gasteiger partial charge in [0.1, 0.15) is 0 Å². The first kappa shape index (κ1) is 43.3. The topological polar surface area (TPSA) is 255 Å². The summed E-state index contributed by atoms with van der Waals surface area (Å²) in [6, 6.07) is 0. The molecule has 0 aromatic carbocycles. The molecule has 0 fully saturated rings. The SMILES string of the molecule is O.O.O.O=C([O-])C(=O)[O-].O=C([O-])C(=O)[O-].[Ca+2].[Ca+2]. The molecule has 0 amide bonds. The molecule has 0 unspecified atom stereocenters. The molecular weight excluding hydrogens is 304 g/mol. The normalized spacial score (nSPS) is 5.18. The largest absolute Gasteiger partial charge is 2.00 e. The van der Waals surface area contributed by atoms with Crippen LogP contribution in [0.4, 0.5) is 0 Å². The molecule has 92 valence electrons. The van der Waals surface area contributed by atoms with E-state index >= 15 is 0 Å². The van der Waals surface area contributed by atoms with Gasteiger partial charge in [0.25, 0.3) is 0 Å². The van der Waals surface area contributed by atoms with Crippen molar-refractivity contribution in [2.24, 2.45) is 0 Å². The van der Waals surface area contributed by atoms with Crippen LogP contribution in [0.25, 0.3) is 0 Å². The summed E-state index contributed by atoms with van der Waals surface area (Å²) in [5, 5.41) is 35.7. The van der Waals surface area contributed by atoms with Gasteiger partial charge in [0.05, 0.1) is 23.9 Å². The molecule has 0 aromatic heterocycles. The van der Waals surface area contributed by atoms with Crippen molar-refractivity contribution in [2.75, 3.05) is 0 Å². The van der Waals surface area contributed by atoms with Gasteiger partial charge < -0.3 is 56.0 Å². The van der Waals surface area contributed by atoms with Crippen molar-refractivity contribution in [2.45, 2.75) is 0 Å². The van der Waals surface area contributed by atoms with E-state index in [-0.39, 0.29) is 91.9 Å². The van der Waals surface area contributed by atoms with Crippen LogP contribution in [-0.2, 0) is 19.2 Å². The summed E-state index contributed by atoms with van der Waals surface area (Å²) < 4.78 is 0. The fourth-order valence-electron chi connectivity index (χ4n) is 0. The Hall–Kier alpha value is 0.279. The minimum absolute atomic E-state index is 0. The van der Waals surface area contributed by atoms with E-state index in [9.17, 15) is 0 Å². The summed E-state index contributed by atoms with van der Waals surface area (Å²) in [5.74, 6) is -8.74. The predicted octanol–water partition coefficient (Wildman–Crippen LogP) is -10.3. The summed E-state index contributed by atoms with van der Waals surface area (Å²) in [6.45, 7) is 0. The maximum Gasteiger partial charge on any atom is 2.00 e. The number of hydrogen-bond acceptors (Lipinski definition) is 8. The van der Waals surface area contributed by atoms with Crippen molar-refractivity contribution in [3.63, 3.8) is 0 Å². The van der Waals surface area contributed by atoms with Gasteiger partial charge in [0, 0.05) is 0 Å². The van der Waals surface area contributed by atoms with Gasteiger partial charge in [-0.2, -0.15) is 0 Å². The average Bonchev–Trinajstić information content (AvgIpc) is 1.88. The second-order valence-electron chi connectivity index (χ2n) is 1.15. The van der Waals surface area contributed by atoms with Gasteiger partial charge in [-0.1, -0.05) is 0 Å². The Labute approximate surface area is 153 Å². The third-order valence-corrected chi connectivity index (χ3v) is 0.333. The van der Waals surface area contributed by atoms with Gasteiger partial charge in [0.2, 0.25) is 0 Å². The minimum atomic E-state index is -2.19. The zero-order valence-corrected chi connectivity index (χ0v) is 12.6. The molecular formula is C4H6Ca2O11. The van der Waals surface area contributed by atoms with Gasteiger partial charge in [-0.05, 0) is 0 Å². The number of aliphatic carboxylic acids is 4. The van der Waals surface area contributed by atoms with Crippen LogP contribution < -0.4 is 20.4 Å². The van der Waals surface area contributed by atoms with E-state index in [0.717, 1.165) is 0 Å². The summed E-state index contributed by atoms with van der Waals surface area (Å²) >= 11 is 0. The summed E-state index contributed by atoms with van der Waals surface area (Å²) in [6.07, 6.45) is 0. The molecule has 0 aliphatic heterocycles. The number of hydrogen-bond donors (Lipinski definition) is 0. The maximum absolute atomic E-state index is 8.93. The van der Waals surface area contributed by atoms with E-state index in [1.165, 1.54) is 0 Å². The van der Waals surface area contributed by atoms with Crippen molar-refractivity contribution >= 4 is 99.4 Å². The molecule has 0 atom stereocenters.